The highest BCUT2D eigenvalue weighted by Gasteiger charge is 2.16. The standard InChI is InChI=1S/C23H25N5/c1-17(27(2)3)18-9-11-20(12-10-18)23-22(19-7-5-4-6-8-19)26-16-28(23)15-21-24-13-14-25-21/h4-14,16-17H,15H2,1-3H3,(H,24,25). The maximum absolute atomic E-state index is 4.74. The van der Waals surface area contributed by atoms with Crippen LogP contribution in [-0.4, -0.2) is 38.5 Å². The fraction of sp³-hybridized carbons (Fsp3) is 0.217. The van der Waals surface area contributed by atoms with Crippen molar-refractivity contribution >= 4 is 0 Å². The second kappa shape index (κ2) is 7.82. The van der Waals surface area contributed by atoms with Crippen LogP contribution in [0, 0.1) is 0 Å². The molecule has 0 spiro atoms. The molecule has 2 aromatic heterocycles. The number of aromatic nitrogens is 4. The molecule has 0 aliphatic carbocycles. The van der Waals surface area contributed by atoms with E-state index in [9.17, 15) is 0 Å². The lowest BCUT2D eigenvalue weighted by atomic mass is 10.0. The van der Waals surface area contributed by atoms with Crippen molar-refractivity contribution in [3.63, 3.8) is 0 Å². The van der Waals surface area contributed by atoms with Gasteiger partial charge in [0.1, 0.15) is 5.82 Å². The Balaban J connectivity index is 1.78. The van der Waals surface area contributed by atoms with Crippen molar-refractivity contribution in [2.45, 2.75) is 19.5 Å². The Morgan fingerprint density at radius 1 is 0.964 bits per heavy atom. The molecule has 0 aliphatic heterocycles. The van der Waals surface area contributed by atoms with Gasteiger partial charge in [0, 0.05) is 29.6 Å². The summed E-state index contributed by atoms with van der Waals surface area (Å²) >= 11 is 0. The lowest BCUT2D eigenvalue weighted by molar-refractivity contribution is 0.321. The Kier molecular flexibility index (Phi) is 5.08. The molecule has 5 heteroatoms. The van der Waals surface area contributed by atoms with E-state index in [1.807, 2.05) is 30.7 Å². The summed E-state index contributed by atoms with van der Waals surface area (Å²) in [6.45, 7) is 2.86. The zero-order valence-corrected chi connectivity index (χ0v) is 16.5. The third-order valence-electron chi connectivity index (χ3n) is 5.20. The number of hydrogen-bond donors (Lipinski definition) is 1. The third-order valence-corrected chi connectivity index (χ3v) is 5.20. The molecule has 28 heavy (non-hydrogen) atoms. The van der Waals surface area contributed by atoms with E-state index >= 15 is 0 Å². The van der Waals surface area contributed by atoms with Gasteiger partial charge in [0.25, 0.3) is 0 Å². The second-order valence-electron chi connectivity index (χ2n) is 7.23. The van der Waals surface area contributed by atoms with E-state index in [0.29, 0.717) is 12.6 Å². The molecule has 0 bridgehead atoms. The number of nitrogens with zero attached hydrogens (tertiary/aromatic N) is 4. The van der Waals surface area contributed by atoms with E-state index in [0.717, 1.165) is 28.3 Å². The van der Waals surface area contributed by atoms with E-state index in [1.165, 1.54) is 5.56 Å². The summed E-state index contributed by atoms with van der Waals surface area (Å²) in [6.07, 6.45) is 5.53. The molecule has 0 radical (unpaired) electrons. The first-order chi connectivity index (χ1) is 13.6. The SMILES string of the molecule is CC(c1ccc(-c2c(-c3ccccc3)ncn2Cc2ncc[nH]2)cc1)N(C)C. The molecule has 1 N–H and O–H groups in total. The van der Waals surface area contributed by atoms with Gasteiger partial charge in [-0.1, -0.05) is 54.6 Å². The molecule has 4 rings (SSSR count). The molecule has 142 valence electrons. The first kappa shape index (κ1) is 18.2. The summed E-state index contributed by atoms with van der Waals surface area (Å²) in [7, 11) is 4.20. The van der Waals surface area contributed by atoms with Crippen molar-refractivity contribution in [2.75, 3.05) is 14.1 Å². The van der Waals surface area contributed by atoms with Gasteiger partial charge in [0.05, 0.1) is 24.3 Å². The fourth-order valence-electron chi connectivity index (χ4n) is 3.38. The van der Waals surface area contributed by atoms with Crippen LogP contribution in [0.15, 0.2) is 73.3 Å². The van der Waals surface area contributed by atoms with Gasteiger partial charge >= 0.3 is 0 Å². The predicted molar refractivity (Wildman–Crippen MR) is 113 cm³/mol. The first-order valence-corrected chi connectivity index (χ1v) is 9.49. The van der Waals surface area contributed by atoms with Crippen LogP contribution in [0.25, 0.3) is 22.5 Å². The molecule has 1 atom stereocenters. The molecular weight excluding hydrogens is 346 g/mol. The molecule has 0 fully saturated rings. The smallest absolute Gasteiger partial charge is 0.126 e. The summed E-state index contributed by atoms with van der Waals surface area (Å²) in [5.74, 6) is 0.913. The van der Waals surface area contributed by atoms with Gasteiger partial charge in [0.2, 0.25) is 0 Å². The van der Waals surface area contributed by atoms with Gasteiger partial charge in [-0.3, -0.25) is 0 Å². The summed E-state index contributed by atoms with van der Waals surface area (Å²) in [6, 6.07) is 19.5. The van der Waals surface area contributed by atoms with Crippen LogP contribution in [0.1, 0.15) is 24.4 Å². The molecule has 5 nitrogen and oxygen atoms in total. The molecular formula is C23H25N5. The zero-order chi connectivity index (χ0) is 19.5. The van der Waals surface area contributed by atoms with Crippen molar-refractivity contribution in [3.05, 3.63) is 84.7 Å². The van der Waals surface area contributed by atoms with Crippen LogP contribution in [0.5, 0.6) is 0 Å². The molecule has 0 saturated heterocycles. The number of nitrogens with one attached hydrogen (secondary N) is 1. The number of hydrogen-bond acceptors (Lipinski definition) is 3. The summed E-state index contributed by atoms with van der Waals surface area (Å²) < 4.78 is 2.16. The molecule has 0 aliphatic rings. The highest BCUT2D eigenvalue weighted by molar-refractivity contribution is 5.78. The van der Waals surface area contributed by atoms with E-state index < -0.39 is 0 Å². The van der Waals surface area contributed by atoms with Crippen molar-refractivity contribution in [2.24, 2.45) is 0 Å². The van der Waals surface area contributed by atoms with Crippen LogP contribution < -0.4 is 0 Å². The summed E-state index contributed by atoms with van der Waals surface area (Å²) in [5.41, 5.74) is 5.65. The fourth-order valence-corrected chi connectivity index (χ4v) is 3.38. The normalized spacial score (nSPS) is 12.4. The van der Waals surface area contributed by atoms with E-state index in [1.54, 1.807) is 6.20 Å². The van der Waals surface area contributed by atoms with Gasteiger partial charge < -0.3 is 14.5 Å². The first-order valence-electron chi connectivity index (χ1n) is 9.49. The number of H-pyrrole nitrogens is 1. The van der Waals surface area contributed by atoms with Gasteiger partial charge in [-0.2, -0.15) is 0 Å². The van der Waals surface area contributed by atoms with Crippen LogP contribution in [0.4, 0.5) is 0 Å². The number of benzene rings is 2. The Bertz CT molecular complexity index is 1010. The average molecular weight is 371 g/mol. The van der Waals surface area contributed by atoms with Crippen LogP contribution in [0.3, 0.4) is 0 Å². The van der Waals surface area contributed by atoms with Crippen molar-refractivity contribution in [1.29, 1.82) is 0 Å². The predicted octanol–water partition coefficient (Wildman–Crippen LogP) is 4.61. The van der Waals surface area contributed by atoms with Crippen LogP contribution >= 0.6 is 0 Å². The third kappa shape index (κ3) is 3.62. The molecule has 2 aromatic carbocycles. The Morgan fingerprint density at radius 2 is 1.71 bits per heavy atom. The van der Waals surface area contributed by atoms with Crippen molar-refractivity contribution in [3.8, 4) is 22.5 Å². The van der Waals surface area contributed by atoms with Crippen LogP contribution in [0.2, 0.25) is 0 Å². The lowest BCUT2D eigenvalue weighted by Gasteiger charge is -2.20. The Morgan fingerprint density at radius 3 is 2.36 bits per heavy atom. The molecule has 0 amide bonds. The Labute approximate surface area is 165 Å². The van der Waals surface area contributed by atoms with Gasteiger partial charge in [0.15, 0.2) is 0 Å². The number of imidazole rings is 2. The van der Waals surface area contributed by atoms with E-state index in [2.05, 4.69) is 76.9 Å². The van der Waals surface area contributed by atoms with Gasteiger partial charge in [-0.25, -0.2) is 9.97 Å². The van der Waals surface area contributed by atoms with Crippen LogP contribution in [-0.2, 0) is 6.54 Å². The zero-order valence-electron chi connectivity index (χ0n) is 16.5. The van der Waals surface area contributed by atoms with Crippen molar-refractivity contribution < 1.29 is 0 Å². The number of aromatic amines is 1. The molecule has 0 saturated carbocycles. The maximum Gasteiger partial charge on any atom is 0.126 e. The van der Waals surface area contributed by atoms with Crippen molar-refractivity contribution in [1.82, 2.24) is 24.4 Å². The summed E-state index contributed by atoms with van der Waals surface area (Å²) in [5, 5.41) is 0. The quantitative estimate of drug-likeness (QED) is 0.538. The average Bonchev–Trinajstić information content (AvgIpc) is 3.38. The maximum atomic E-state index is 4.74. The topological polar surface area (TPSA) is 49.7 Å². The Hall–Kier alpha value is -3.18. The monoisotopic (exact) mass is 371 g/mol. The minimum atomic E-state index is 0.371. The lowest BCUT2D eigenvalue weighted by Crippen LogP contribution is -2.16. The minimum absolute atomic E-state index is 0.371. The molecule has 4 aromatic rings. The second-order valence-corrected chi connectivity index (χ2v) is 7.23. The van der Waals surface area contributed by atoms with Gasteiger partial charge in [-0.15, -0.1) is 0 Å². The number of rotatable bonds is 6. The van der Waals surface area contributed by atoms with E-state index in [4.69, 9.17) is 4.98 Å². The van der Waals surface area contributed by atoms with E-state index in [-0.39, 0.29) is 0 Å². The molecule has 2 heterocycles. The minimum Gasteiger partial charge on any atom is -0.347 e. The molecule has 1 unspecified atom stereocenters. The van der Waals surface area contributed by atoms with Gasteiger partial charge in [-0.05, 0) is 26.6 Å². The highest BCUT2D eigenvalue weighted by Crippen LogP contribution is 2.32. The highest BCUT2D eigenvalue weighted by atomic mass is 15.1. The summed E-state index contributed by atoms with van der Waals surface area (Å²) in [4.78, 5) is 14.5. The largest absolute Gasteiger partial charge is 0.347 e.